The maximum absolute atomic E-state index is 13.7. The first-order valence-corrected chi connectivity index (χ1v) is 9.83. The van der Waals surface area contributed by atoms with Crippen LogP contribution in [0.2, 0.25) is 5.02 Å². The predicted molar refractivity (Wildman–Crippen MR) is 107 cm³/mol. The Balaban J connectivity index is 1.83. The molecule has 3 aromatic rings. The van der Waals surface area contributed by atoms with Crippen LogP contribution in [0.1, 0.15) is 13.3 Å². The summed E-state index contributed by atoms with van der Waals surface area (Å²) in [4.78, 5) is 29.4. The quantitative estimate of drug-likeness (QED) is 0.469. The summed E-state index contributed by atoms with van der Waals surface area (Å²) in [5.74, 6) is -2.19. The Morgan fingerprint density at radius 1 is 1.25 bits per heavy atom. The van der Waals surface area contributed by atoms with E-state index in [1.165, 1.54) is 4.57 Å². The monoisotopic (exact) mass is 423 g/mol. The molecule has 0 saturated heterocycles. The summed E-state index contributed by atoms with van der Waals surface area (Å²) in [5.41, 5.74) is 0.115. The molecule has 146 valence electrons. The lowest BCUT2D eigenvalue weighted by molar-refractivity contribution is -0.113. The van der Waals surface area contributed by atoms with Crippen LogP contribution in [0.5, 0.6) is 0 Å². The molecule has 3 rings (SSSR count). The molecule has 2 aromatic carbocycles. The van der Waals surface area contributed by atoms with Gasteiger partial charge in [0.15, 0.2) is 5.16 Å². The van der Waals surface area contributed by atoms with E-state index in [2.05, 4.69) is 10.3 Å². The number of benzene rings is 2. The van der Waals surface area contributed by atoms with E-state index in [1.54, 1.807) is 18.2 Å². The van der Waals surface area contributed by atoms with E-state index in [1.807, 2.05) is 6.92 Å². The van der Waals surface area contributed by atoms with Crippen molar-refractivity contribution in [3.8, 4) is 0 Å². The van der Waals surface area contributed by atoms with E-state index in [4.69, 9.17) is 11.6 Å². The fourth-order valence-electron chi connectivity index (χ4n) is 2.61. The third kappa shape index (κ3) is 4.51. The summed E-state index contributed by atoms with van der Waals surface area (Å²) >= 11 is 7.04. The zero-order valence-electron chi connectivity index (χ0n) is 14.8. The zero-order valence-corrected chi connectivity index (χ0v) is 16.4. The van der Waals surface area contributed by atoms with Crippen LogP contribution in [-0.2, 0) is 11.3 Å². The van der Waals surface area contributed by atoms with Gasteiger partial charge in [0.25, 0.3) is 5.56 Å². The highest BCUT2D eigenvalue weighted by Gasteiger charge is 2.14. The van der Waals surface area contributed by atoms with Gasteiger partial charge in [-0.2, -0.15) is 0 Å². The second-order valence-corrected chi connectivity index (χ2v) is 7.35. The topological polar surface area (TPSA) is 64.0 Å². The molecule has 0 aliphatic rings. The van der Waals surface area contributed by atoms with Crippen molar-refractivity contribution in [2.45, 2.75) is 25.0 Å². The molecule has 28 heavy (non-hydrogen) atoms. The van der Waals surface area contributed by atoms with Crippen LogP contribution in [0.3, 0.4) is 0 Å². The average Bonchev–Trinajstić information content (AvgIpc) is 2.65. The number of hydrogen-bond acceptors (Lipinski definition) is 4. The van der Waals surface area contributed by atoms with Gasteiger partial charge < -0.3 is 5.32 Å². The van der Waals surface area contributed by atoms with Gasteiger partial charge >= 0.3 is 0 Å². The van der Waals surface area contributed by atoms with Gasteiger partial charge in [0.05, 0.1) is 22.3 Å². The molecular weight excluding hydrogens is 408 g/mol. The Morgan fingerprint density at radius 3 is 2.75 bits per heavy atom. The first-order valence-electron chi connectivity index (χ1n) is 8.47. The van der Waals surface area contributed by atoms with E-state index >= 15 is 0 Å². The molecule has 5 nitrogen and oxygen atoms in total. The van der Waals surface area contributed by atoms with Crippen molar-refractivity contribution in [1.29, 1.82) is 0 Å². The van der Waals surface area contributed by atoms with Crippen molar-refractivity contribution < 1.29 is 13.6 Å². The SMILES string of the molecule is CCCn1c(SCC(=O)Nc2ccc(F)cc2F)nc2cc(Cl)ccc2c1=O. The number of hydrogen-bond donors (Lipinski definition) is 1. The van der Waals surface area contributed by atoms with Crippen molar-refractivity contribution in [2.24, 2.45) is 0 Å². The lowest BCUT2D eigenvalue weighted by Gasteiger charge is -2.12. The summed E-state index contributed by atoms with van der Waals surface area (Å²) in [6.07, 6.45) is 0.710. The highest BCUT2D eigenvalue weighted by Crippen LogP contribution is 2.21. The summed E-state index contributed by atoms with van der Waals surface area (Å²) < 4.78 is 28.1. The molecule has 0 unspecified atom stereocenters. The number of fused-ring (bicyclic) bond motifs is 1. The second kappa shape index (κ2) is 8.70. The first kappa shape index (κ1) is 20.3. The molecule has 0 bridgehead atoms. The predicted octanol–water partition coefficient (Wildman–Crippen LogP) is 4.47. The Morgan fingerprint density at radius 2 is 2.04 bits per heavy atom. The van der Waals surface area contributed by atoms with Crippen molar-refractivity contribution >= 4 is 45.9 Å². The van der Waals surface area contributed by atoms with Gasteiger partial charge in [-0.1, -0.05) is 30.3 Å². The third-order valence-corrected chi connectivity index (χ3v) is 5.08. The van der Waals surface area contributed by atoms with Gasteiger partial charge in [-0.15, -0.1) is 0 Å². The van der Waals surface area contributed by atoms with Crippen LogP contribution in [-0.4, -0.2) is 21.2 Å². The Labute approximate surface area is 168 Å². The number of nitrogens with zero attached hydrogens (tertiary/aromatic N) is 2. The fraction of sp³-hybridized carbons (Fsp3) is 0.211. The number of halogens is 3. The summed E-state index contributed by atoms with van der Waals surface area (Å²) in [6.45, 7) is 2.37. The molecule has 0 aliphatic heterocycles. The van der Waals surface area contributed by atoms with Gasteiger partial charge in [0, 0.05) is 17.6 Å². The Kier molecular flexibility index (Phi) is 6.31. The van der Waals surface area contributed by atoms with Crippen LogP contribution in [0.4, 0.5) is 14.5 Å². The van der Waals surface area contributed by atoms with Crippen LogP contribution < -0.4 is 10.9 Å². The lowest BCUT2D eigenvalue weighted by atomic mass is 10.2. The maximum Gasteiger partial charge on any atom is 0.262 e. The molecule has 1 N–H and O–H groups in total. The lowest BCUT2D eigenvalue weighted by Crippen LogP contribution is -2.24. The van der Waals surface area contributed by atoms with Crippen LogP contribution in [0, 0.1) is 11.6 Å². The largest absolute Gasteiger partial charge is 0.323 e. The average molecular weight is 424 g/mol. The molecule has 0 atom stereocenters. The van der Waals surface area contributed by atoms with Crippen molar-refractivity contribution in [3.63, 3.8) is 0 Å². The maximum atomic E-state index is 13.7. The van der Waals surface area contributed by atoms with E-state index in [0.717, 1.165) is 23.9 Å². The standard InChI is InChI=1S/C19H16ClF2N3O2S/c1-2-7-25-18(27)13-5-3-11(20)8-16(13)24-19(25)28-10-17(26)23-15-6-4-12(21)9-14(15)22/h3-6,8-9H,2,7,10H2,1H3,(H,23,26). The molecular formula is C19H16ClF2N3O2S. The molecule has 0 fully saturated rings. The number of aromatic nitrogens is 2. The fourth-order valence-corrected chi connectivity index (χ4v) is 3.60. The minimum absolute atomic E-state index is 0.0982. The number of carbonyl (C=O) groups excluding carboxylic acids is 1. The minimum Gasteiger partial charge on any atom is -0.323 e. The molecule has 1 aromatic heterocycles. The van der Waals surface area contributed by atoms with Crippen LogP contribution in [0.15, 0.2) is 46.3 Å². The third-order valence-electron chi connectivity index (χ3n) is 3.87. The molecule has 0 radical (unpaired) electrons. The normalized spacial score (nSPS) is 11.0. The van der Waals surface area contributed by atoms with E-state index in [-0.39, 0.29) is 17.0 Å². The van der Waals surface area contributed by atoms with Gasteiger partial charge in [0.2, 0.25) is 5.91 Å². The minimum atomic E-state index is -0.861. The zero-order chi connectivity index (χ0) is 20.3. The summed E-state index contributed by atoms with van der Waals surface area (Å²) in [6, 6.07) is 7.73. The molecule has 9 heteroatoms. The molecule has 0 saturated carbocycles. The van der Waals surface area contributed by atoms with Crippen molar-refractivity contribution in [1.82, 2.24) is 9.55 Å². The highest BCUT2D eigenvalue weighted by atomic mass is 35.5. The van der Waals surface area contributed by atoms with Crippen molar-refractivity contribution in [2.75, 3.05) is 11.1 Å². The smallest absolute Gasteiger partial charge is 0.262 e. The van der Waals surface area contributed by atoms with Gasteiger partial charge in [-0.05, 0) is 36.8 Å². The van der Waals surface area contributed by atoms with E-state index in [0.29, 0.717) is 40.1 Å². The second-order valence-electron chi connectivity index (χ2n) is 5.97. The van der Waals surface area contributed by atoms with E-state index < -0.39 is 17.5 Å². The number of amides is 1. The number of rotatable bonds is 6. The van der Waals surface area contributed by atoms with Crippen molar-refractivity contribution in [3.05, 3.63) is 63.4 Å². The van der Waals surface area contributed by atoms with Gasteiger partial charge in [-0.3, -0.25) is 14.2 Å². The Hall–Kier alpha value is -2.45. The number of thioether (sulfide) groups is 1. The van der Waals surface area contributed by atoms with Gasteiger partial charge in [-0.25, -0.2) is 13.8 Å². The molecule has 1 heterocycles. The molecule has 0 spiro atoms. The van der Waals surface area contributed by atoms with Crippen LogP contribution in [0.25, 0.3) is 10.9 Å². The summed E-state index contributed by atoms with van der Waals surface area (Å²) in [7, 11) is 0. The molecule has 0 aliphatic carbocycles. The van der Waals surface area contributed by atoms with Gasteiger partial charge in [0.1, 0.15) is 11.6 Å². The first-order chi connectivity index (χ1) is 13.4. The highest BCUT2D eigenvalue weighted by molar-refractivity contribution is 7.99. The number of nitrogens with one attached hydrogen (secondary N) is 1. The van der Waals surface area contributed by atoms with Crippen LogP contribution >= 0.6 is 23.4 Å². The number of carbonyl (C=O) groups is 1. The molecule has 1 amide bonds. The number of anilines is 1. The van der Waals surface area contributed by atoms with E-state index in [9.17, 15) is 18.4 Å². The summed E-state index contributed by atoms with van der Waals surface area (Å²) in [5, 5.41) is 3.65. The Bertz CT molecular complexity index is 1100.